The normalized spacial score (nSPS) is 45.6. The summed E-state index contributed by atoms with van der Waals surface area (Å²) in [5, 5.41) is 97.5. The Morgan fingerprint density at radius 1 is 1.07 bits per heavy atom. The summed E-state index contributed by atoms with van der Waals surface area (Å²) in [5.41, 5.74) is 0. The van der Waals surface area contributed by atoms with Crippen LogP contribution in [0.1, 0.15) is 6.42 Å². The molecular formula is C15H26O14. The number of carboxylic acids is 1. The second-order valence-corrected chi connectivity index (χ2v) is 6.95. The van der Waals surface area contributed by atoms with Gasteiger partial charge in [-0.25, -0.2) is 4.79 Å². The molecule has 0 spiro atoms. The standard InChI is InChI=1S/C15H26O14/c16-2-5(19)8(21)11-7(20)4(18)1-15(28-11,14(25)26)29-12-9(22)6(3-17)27-13(24)10(12)23/h4-13,16-24H,1-3H2,(H,25,26)/t4-,5+,6+,7+,8+,9-,10+,11+,12-,13?,15-/m0/s1. The summed E-state index contributed by atoms with van der Waals surface area (Å²) < 4.78 is 15.1. The van der Waals surface area contributed by atoms with Crippen LogP contribution < -0.4 is 0 Å². The van der Waals surface area contributed by atoms with Crippen molar-refractivity contribution in [2.75, 3.05) is 13.2 Å². The fourth-order valence-electron chi connectivity index (χ4n) is 3.24. The first-order valence-electron chi connectivity index (χ1n) is 8.71. The lowest BCUT2D eigenvalue weighted by molar-refractivity contribution is -0.373. The molecule has 14 nitrogen and oxygen atoms in total. The molecule has 2 heterocycles. The fourth-order valence-corrected chi connectivity index (χ4v) is 3.24. The monoisotopic (exact) mass is 430 g/mol. The van der Waals surface area contributed by atoms with Crippen molar-refractivity contribution in [1.29, 1.82) is 0 Å². The highest BCUT2D eigenvalue weighted by molar-refractivity contribution is 5.76. The molecule has 170 valence electrons. The van der Waals surface area contributed by atoms with Crippen LogP contribution in [0.25, 0.3) is 0 Å². The highest BCUT2D eigenvalue weighted by atomic mass is 16.7. The summed E-state index contributed by atoms with van der Waals surface area (Å²) in [4.78, 5) is 11.9. The van der Waals surface area contributed by atoms with Gasteiger partial charge in [-0.15, -0.1) is 0 Å². The third kappa shape index (κ3) is 4.68. The lowest BCUT2D eigenvalue weighted by Crippen LogP contribution is -2.68. The molecule has 2 aliphatic heterocycles. The van der Waals surface area contributed by atoms with E-state index in [4.69, 9.17) is 19.3 Å². The molecule has 2 rings (SSSR count). The van der Waals surface area contributed by atoms with Crippen molar-refractivity contribution in [2.45, 2.75) is 73.4 Å². The summed E-state index contributed by atoms with van der Waals surface area (Å²) in [6.07, 6.45) is -19.7. The Morgan fingerprint density at radius 3 is 2.21 bits per heavy atom. The first-order valence-corrected chi connectivity index (χ1v) is 8.71. The quantitative estimate of drug-likeness (QED) is 0.180. The lowest BCUT2D eigenvalue weighted by atomic mass is 9.90. The van der Waals surface area contributed by atoms with E-state index >= 15 is 0 Å². The van der Waals surface area contributed by atoms with Gasteiger partial charge in [0.05, 0.1) is 19.3 Å². The summed E-state index contributed by atoms with van der Waals surface area (Å²) in [6, 6.07) is 0. The van der Waals surface area contributed by atoms with Gasteiger partial charge < -0.3 is 65.3 Å². The number of aliphatic hydroxyl groups excluding tert-OH is 9. The van der Waals surface area contributed by atoms with Crippen LogP contribution in [-0.4, -0.2) is 137 Å². The molecular weight excluding hydrogens is 404 g/mol. The summed E-state index contributed by atoms with van der Waals surface area (Å²) in [6.45, 7) is -1.80. The molecule has 2 aliphatic rings. The summed E-state index contributed by atoms with van der Waals surface area (Å²) >= 11 is 0. The lowest BCUT2D eigenvalue weighted by Gasteiger charge is -2.48. The van der Waals surface area contributed by atoms with Crippen molar-refractivity contribution in [1.82, 2.24) is 0 Å². The van der Waals surface area contributed by atoms with E-state index in [0.717, 1.165) is 0 Å². The van der Waals surface area contributed by atoms with Gasteiger partial charge in [0.1, 0.15) is 48.8 Å². The van der Waals surface area contributed by atoms with Crippen molar-refractivity contribution >= 4 is 5.97 Å². The van der Waals surface area contributed by atoms with Crippen LogP contribution in [0, 0.1) is 0 Å². The number of carbonyl (C=O) groups is 1. The molecule has 1 unspecified atom stereocenters. The Balaban J connectivity index is 2.35. The van der Waals surface area contributed by atoms with Crippen molar-refractivity contribution in [3.05, 3.63) is 0 Å². The molecule has 11 atom stereocenters. The van der Waals surface area contributed by atoms with Crippen LogP contribution in [0.4, 0.5) is 0 Å². The predicted molar refractivity (Wildman–Crippen MR) is 85.8 cm³/mol. The van der Waals surface area contributed by atoms with Crippen LogP contribution in [0.5, 0.6) is 0 Å². The Hall–Kier alpha value is -1.01. The smallest absolute Gasteiger partial charge is 0.364 e. The Kier molecular flexibility index (Phi) is 7.88. The van der Waals surface area contributed by atoms with E-state index in [9.17, 15) is 50.8 Å². The molecule has 14 heteroatoms. The first kappa shape index (κ1) is 24.3. The molecule has 0 bridgehead atoms. The van der Waals surface area contributed by atoms with Gasteiger partial charge in [0.2, 0.25) is 0 Å². The molecule has 0 aliphatic carbocycles. The Morgan fingerprint density at radius 2 is 1.69 bits per heavy atom. The minimum absolute atomic E-state index is 0.822. The van der Waals surface area contributed by atoms with E-state index < -0.39 is 92.6 Å². The maximum Gasteiger partial charge on any atom is 0.364 e. The van der Waals surface area contributed by atoms with E-state index in [1.165, 1.54) is 0 Å². The fraction of sp³-hybridized carbons (Fsp3) is 0.933. The number of ether oxygens (including phenoxy) is 3. The molecule has 0 aromatic heterocycles. The molecule has 0 aromatic rings. The zero-order valence-electron chi connectivity index (χ0n) is 15.0. The number of hydrogen-bond donors (Lipinski definition) is 10. The van der Waals surface area contributed by atoms with Gasteiger partial charge in [0.15, 0.2) is 6.29 Å². The number of rotatable bonds is 7. The molecule has 0 aromatic carbocycles. The van der Waals surface area contributed by atoms with Gasteiger partial charge >= 0.3 is 5.97 Å². The van der Waals surface area contributed by atoms with E-state index in [1.807, 2.05) is 0 Å². The third-order valence-electron chi connectivity index (χ3n) is 4.95. The zero-order valence-corrected chi connectivity index (χ0v) is 15.0. The van der Waals surface area contributed by atoms with E-state index in [1.54, 1.807) is 0 Å². The summed E-state index contributed by atoms with van der Waals surface area (Å²) in [5.74, 6) is -4.75. The topological polar surface area (TPSA) is 247 Å². The highest BCUT2D eigenvalue weighted by Gasteiger charge is 2.58. The van der Waals surface area contributed by atoms with Crippen LogP contribution in [-0.2, 0) is 19.0 Å². The molecule has 0 saturated carbocycles. The first-order chi connectivity index (χ1) is 13.5. The third-order valence-corrected chi connectivity index (χ3v) is 4.95. The minimum atomic E-state index is -2.86. The molecule has 10 N–H and O–H groups in total. The van der Waals surface area contributed by atoms with Gasteiger partial charge in [-0.1, -0.05) is 0 Å². The van der Waals surface area contributed by atoms with Crippen LogP contribution in [0.2, 0.25) is 0 Å². The van der Waals surface area contributed by atoms with Crippen molar-refractivity contribution in [3.8, 4) is 0 Å². The van der Waals surface area contributed by atoms with Gasteiger partial charge in [-0.2, -0.15) is 0 Å². The minimum Gasteiger partial charge on any atom is -0.477 e. The van der Waals surface area contributed by atoms with Gasteiger partial charge in [0.25, 0.3) is 5.79 Å². The largest absolute Gasteiger partial charge is 0.477 e. The van der Waals surface area contributed by atoms with Crippen molar-refractivity contribution in [2.24, 2.45) is 0 Å². The average molecular weight is 430 g/mol. The number of hydrogen-bond acceptors (Lipinski definition) is 13. The van der Waals surface area contributed by atoms with Crippen LogP contribution in [0.15, 0.2) is 0 Å². The van der Waals surface area contributed by atoms with Crippen molar-refractivity contribution in [3.63, 3.8) is 0 Å². The Labute approximate surface area is 163 Å². The van der Waals surface area contributed by atoms with E-state index in [-0.39, 0.29) is 0 Å². The molecule has 2 saturated heterocycles. The second kappa shape index (κ2) is 9.42. The van der Waals surface area contributed by atoms with Crippen LogP contribution in [0.3, 0.4) is 0 Å². The van der Waals surface area contributed by atoms with Gasteiger partial charge in [-0.05, 0) is 0 Å². The maximum atomic E-state index is 11.9. The predicted octanol–water partition coefficient (Wildman–Crippen LogP) is -6.19. The number of carboxylic acid groups (broad SMARTS) is 1. The molecule has 29 heavy (non-hydrogen) atoms. The Bertz CT molecular complexity index is 561. The second-order valence-electron chi connectivity index (χ2n) is 6.95. The molecule has 0 radical (unpaired) electrons. The van der Waals surface area contributed by atoms with E-state index in [2.05, 4.69) is 0 Å². The van der Waals surface area contributed by atoms with Crippen molar-refractivity contribution < 1.29 is 70.1 Å². The number of aliphatic hydroxyl groups is 9. The average Bonchev–Trinajstić information content (AvgIpc) is 2.69. The zero-order chi connectivity index (χ0) is 22.1. The highest BCUT2D eigenvalue weighted by Crippen LogP contribution is 2.36. The van der Waals surface area contributed by atoms with Gasteiger partial charge in [-0.3, -0.25) is 0 Å². The molecule has 0 amide bonds. The van der Waals surface area contributed by atoms with E-state index in [0.29, 0.717) is 0 Å². The van der Waals surface area contributed by atoms with Gasteiger partial charge in [0, 0.05) is 6.42 Å². The molecule has 2 fully saturated rings. The summed E-state index contributed by atoms with van der Waals surface area (Å²) in [7, 11) is 0. The SMILES string of the molecule is O=C(O)[C@@]1(O[C@H]2[C@@H](O)[C@@H](CO)OC(O)[C@@H]2O)C[C@H](O)[C@@H](O)[C@H]([C@H](O)[C@H](O)CO)O1. The maximum absolute atomic E-state index is 11.9. The number of aliphatic carboxylic acids is 1. The van der Waals surface area contributed by atoms with Crippen LogP contribution >= 0.6 is 0 Å².